The Morgan fingerprint density at radius 2 is 1.93 bits per heavy atom. The smallest absolute Gasteiger partial charge is 0.179 e. The molecule has 28 heavy (non-hydrogen) atoms. The summed E-state index contributed by atoms with van der Waals surface area (Å²) < 4.78 is 27.4. The van der Waals surface area contributed by atoms with Gasteiger partial charge in [0.1, 0.15) is 11.3 Å². The van der Waals surface area contributed by atoms with Gasteiger partial charge < -0.3 is 4.57 Å². The normalized spacial score (nSPS) is 12.0. The van der Waals surface area contributed by atoms with E-state index in [2.05, 4.69) is 16.5 Å². The van der Waals surface area contributed by atoms with Crippen LogP contribution in [0.15, 0.2) is 35.5 Å². The summed E-state index contributed by atoms with van der Waals surface area (Å²) in [6, 6.07) is 4.48. The van der Waals surface area contributed by atoms with Crippen molar-refractivity contribution in [1.82, 2.24) is 14.5 Å². The molecule has 0 N–H and O–H groups in total. The van der Waals surface area contributed by atoms with Crippen LogP contribution in [0.2, 0.25) is 10.0 Å². The fourth-order valence-corrected chi connectivity index (χ4v) is 5.56. The van der Waals surface area contributed by atoms with E-state index < -0.39 is 9.84 Å². The SMILES string of the molecule is CCCc1nc2cncc(C)c2n1CCCCS(=O)(=O)c1ccc(Cl)cc1Cl. The second-order valence-electron chi connectivity index (χ2n) is 6.85. The molecule has 0 fully saturated rings. The van der Waals surface area contributed by atoms with Crippen LogP contribution in [-0.4, -0.2) is 28.7 Å². The highest BCUT2D eigenvalue weighted by molar-refractivity contribution is 7.91. The first kappa shape index (κ1) is 21.1. The van der Waals surface area contributed by atoms with E-state index in [9.17, 15) is 8.42 Å². The van der Waals surface area contributed by atoms with Crippen LogP contribution in [0.25, 0.3) is 11.0 Å². The number of fused-ring (bicyclic) bond motifs is 1. The van der Waals surface area contributed by atoms with Crippen LogP contribution in [0.4, 0.5) is 0 Å². The summed E-state index contributed by atoms with van der Waals surface area (Å²) in [5, 5.41) is 0.589. The Morgan fingerprint density at radius 3 is 2.64 bits per heavy atom. The van der Waals surface area contributed by atoms with Crippen LogP contribution in [0.1, 0.15) is 37.6 Å². The van der Waals surface area contributed by atoms with Gasteiger partial charge in [-0.15, -0.1) is 0 Å². The second kappa shape index (κ2) is 8.80. The van der Waals surface area contributed by atoms with Crippen LogP contribution in [0.5, 0.6) is 0 Å². The maximum Gasteiger partial charge on any atom is 0.179 e. The van der Waals surface area contributed by atoms with Crippen molar-refractivity contribution in [1.29, 1.82) is 0 Å². The van der Waals surface area contributed by atoms with E-state index in [1.54, 1.807) is 12.3 Å². The van der Waals surface area contributed by atoms with Crippen LogP contribution in [-0.2, 0) is 22.8 Å². The summed E-state index contributed by atoms with van der Waals surface area (Å²) >= 11 is 11.9. The number of aryl methyl sites for hydroxylation is 3. The molecule has 0 unspecified atom stereocenters. The van der Waals surface area contributed by atoms with E-state index in [1.807, 2.05) is 13.1 Å². The van der Waals surface area contributed by atoms with Gasteiger partial charge in [-0.3, -0.25) is 4.98 Å². The van der Waals surface area contributed by atoms with Crippen molar-refractivity contribution in [2.45, 2.75) is 51.0 Å². The van der Waals surface area contributed by atoms with E-state index >= 15 is 0 Å². The summed E-state index contributed by atoms with van der Waals surface area (Å²) in [6.45, 7) is 4.87. The third kappa shape index (κ3) is 4.50. The van der Waals surface area contributed by atoms with E-state index in [0.717, 1.165) is 48.2 Å². The zero-order valence-electron chi connectivity index (χ0n) is 16.0. The summed E-state index contributed by atoms with van der Waals surface area (Å²) in [5.74, 6) is 1.07. The number of unbranched alkanes of at least 4 members (excludes halogenated alkanes) is 1. The van der Waals surface area contributed by atoms with Crippen molar-refractivity contribution in [3.8, 4) is 0 Å². The van der Waals surface area contributed by atoms with Gasteiger partial charge in [-0.25, -0.2) is 13.4 Å². The van der Waals surface area contributed by atoms with E-state index in [-0.39, 0.29) is 15.7 Å². The van der Waals surface area contributed by atoms with Gasteiger partial charge >= 0.3 is 0 Å². The molecule has 0 aliphatic carbocycles. The topological polar surface area (TPSA) is 64.8 Å². The first-order valence-corrected chi connectivity index (χ1v) is 11.7. The Labute approximate surface area is 175 Å². The first-order chi connectivity index (χ1) is 13.3. The van der Waals surface area contributed by atoms with E-state index in [0.29, 0.717) is 11.4 Å². The fraction of sp³-hybridized carbons (Fsp3) is 0.400. The monoisotopic (exact) mass is 439 g/mol. The summed E-state index contributed by atoms with van der Waals surface area (Å²) in [7, 11) is -3.45. The molecule has 0 saturated heterocycles. The highest BCUT2D eigenvalue weighted by atomic mass is 35.5. The summed E-state index contributed by atoms with van der Waals surface area (Å²) in [5.41, 5.74) is 3.05. The number of halogens is 2. The lowest BCUT2D eigenvalue weighted by molar-refractivity contribution is 0.579. The van der Waals surface area contributed by atoms with Gasteiger partial charge in [0, 0.05) is 24.2 Å². The minimum absolute atomic E-state index is 0.0463. The minimum atomic E-state index is -3.45. The quantitative estimate of drug-likeness (QED) is 0.449. The molecule has 0 amide bonds. The summed E-state index contributed by atoms with van der Waals surface area (Å²) in [6.07, 6.45) is 6.77. The molecule has 2 aromatic heterocycles. The van der Waals surface area contributed by atoms with Gasteiger partial charge in [0.2, 0.25) is 0 Å². The number of hydrogen-bond donors (Lipinski definition) is 0. The largest absolute Gasteiger partial charge is 0.328 e. The lowest BCUT2D eigenvalue weighted by Gasteiger charge is -2.11. The van der Waals surface area contributed by atoms with E-state index in [4.69, 9.17) is 28.2 Å². The second-order valence-corrected chi connectivity index (χ2v) is 9.78. The molecule has 8 heteroatoms. The van der Waals surface area contributed by atoms with Crippen molar-refractivity contribution in [2.75, 3.05) is 5.75 Å². The standard InChI is InChI=1S/C20H23Cl2N3O2S/c1-3-6-19-24-17-13-23-12-14(2)20(17)25(19)9-4-5-10-28(26,27)18-8-7-15(21)11-16(18)22/h7-8,11-13H,3-6,9-10H2,1-2H3. The molecular formula is C20H23Cl2N3O2S. The maximum atomic E-state index is 12.6. The molecule has 0 aliphatic heterocycles. The predicted octanol–water partition coefficient (Wildman–Crippen LogP) is 5.25. The molecular weight excluding hydrogens is 417 g/mol. The number of imidazole rings is 1. The number of aromatic nitrogens is 3. The predicted molar refractivity (Wildman–Crippen MR) is 114 cm³/mol. The lowest BCUT2D eigenvalue weighted by atomic mass is 10.2. The number of hydrogen-bond acceptors (Lipinski definition) is 4. The van der Waals surface area contributed by atoms with Gasteiger partial charge in [0.25, 0.3) is 0 Å². The Balaban J connectivity index is 1.72. The van der Waals surface area contributed by atoms with Crippen molar-refractivity contribution in [3.05, 3.63) is 52.0 Å². The first-order valence-electron chi connectivity index (χ1n) is 9.31. The summed E-state index contributed by atoms with van der Waals surface area (Å²) in [4.78, 5) is 9.08. The molecule has 150 valence electrons. The Kier molecular flexibility index (Phi) is 6.63. The zero-order chi connectivity index (χ0) is 20.3. The molecule has 0 bridgehead atoms. The van der Waals surface area contributed by atoms with Gasteiger partial charge in [-0.05, 0) is 49.9 Å². The average molecular weight is 440 g/mol. The lowest BCUT2D eigenvalue weighted by Crippen LogP contribution is -2.10. The van der Waals surface area contributed by atoms with E-state index in [1.165, 1.54) is 12.1 Å². The Bertz CT molecular complexity index is 1090. The number of rotatable bonds is 8. The molecule has 3 aromatic rings. The molecule has 0 saturated carbocycles. The van der Waals surface area contributed by atoms with Crippen LogP contribution in [0, 0.1) is 6.92 Å². The Morgan fingerprint density at radius 1 is 1.14 bits per heavy atom. The van der Waals surface area contributed by atoms with Gasteiger partial charge in [0.15, 0.2) is 9.84 Å². The Hall–Kier alpha value is -1.63. The third-order valence-electron chi connectivity index (χ3n) is 4.66. The van der Waals surface area contributed by atoms with Crippen molar-refractivity contribution >= 4 is 44.1 Å². The highest BCUT2D eigenvalue weighted by Gasteiger charge is 2.18. The van der Waals surface area contributed by atoms with Crippen molar-refractivity contribution in [3.63, 3.8) is 0 Å². The van der Waals surface area contributed by atoms with Crippen LogP contribution < -0.4 is 0 Å². The van der Waals surface area contributed by atoms with Gasteiger partial charge in [-0.2, -0.15) is 0 Å². The zero-order valence-corrected chi connectivity index (χ0v) is 18.3. The molecule has 2 heterocycles. The number of benzene rings is 1. The molecule has 0 atom stereocenters. The molecule has 0 aliphatic rings. The van der Waals surface area contributed by atoms with Crippen molar-refractivity contribution < 1.29 is 8.42 Å². The molecule has 1 aromatic carbocycles. The van der Waals surface area contributed by atoms with Gasteiger partial charge in [0.05, 0.1) is 27.4 Å². The average Bonchev–Trinajstić information content (AvgIpc) is 2.97. The number of nitrogens with zero attached hydrogens (tertiary/aromatic N) is 3. The maximum absolute atomic E-state index is 12.6. The molecule has 0 radical (unpaired) electrons. The third-order valence-corrected chi connectivity index (χ3v) is 7.17. The van der Waals surface area contributed by atoms with Crippen molar-refractivity contribution in [2.24, 2.45) is 0 Å². The van der Waals surface area contributed by atoms with Gasteiger partial charge in [-0.1, -0.05) is 30.1 Å². The molecule has 5 nitrogen and oxygen atoms in total. The van der Waals surface area contributed by atoms with Crippen LogP contribution >= 0.6 is 23.2 Å². The molecule has 3 rings (SSSR count). The fourth-order valence-electron chi connectivity index (χ4n) is 3.36. The van der Waals surface area contributed by atoms with Crippen LogP contribution in [0.3, 0.4) is 0 Å². The number of pyridine rings is 1. The minimum Gasteiger partial charge on any atom is -0.328 e. The molecule has 0 spiro atoms. The number of sulfone groups is 1. The highest BCUT2D eigenvalue weighted by Crippen LogP contribution is 2.27.